The summed E-state index contributed by atoms with van der Waals surface area (Å²) in [5.74, 6) is 1.23. The van der Waals surface area contributed by atoms with E-state index in [2.05, 4.69) is 39.0 Å². The van der Waals surface area contributed by atoms with Crippen molar-refractivity contribution in [2.45, 2.75) is 52.6 Å². The number of hydrogen-bond donors (Lipinski definition) is 1. The Labute approximate surface area is 105 Å². The SMILES string of the molecule is Cc1cccc(C)c1C(O)C1CCCC(C)C1. The third-order valence-corrected chi connectivity index (χ3v) is 4.26. The van der Waals surface area contributed by atoms with Gasteiger partial charge in [-0.2, -0.15) is 0 Å². The van der Waals surface area contributed by atoms with Crippen molar-refractivity contribution < 1.29 is 5.11 Å². The van der Waals surface area contributed by atoms with E-state index in [1.807, 2.05) is 0 Å². The van der Waals surface area contributed by atoms with Gasteiger partial charge in [0.05, 0.1) is 6.10 Å². The molecule has 1 nitrogen and oxygen atoms in total. The number of rotatable bonds is 2. The molecule has 0 aromatic heterocycles. The van der Waals surface area contributed by atoms with Crippen LogP contribution in [0.3, 0.4) is 0 Å². The topological polar surface area (TPSA) is 20.2 Å². The number of aliphatic hydroxyl groups excluding tert-OH is 1. The van der Waals surface area contributed by atoms with Crippen molar-refractivity contribution in [3.8, 4) is 0 Å². The minimum atomic E-state index is -0.265. The first-order valence-electron chi connectivity index (χ1n) is 6.83. The van der Waals surface area contributed by atoms with Crippen LogP contribution in [0.25, 0.3) is 0 Å². The fourth-order valence-electron chi connectivity index (χ4n) is 3.30. The van der Waals surface area contributed by atoms with E-state index >= 15 is 0 Å². The molecule has 1 N–H and O–H groups in total. The molecule has 0 aliphatic heterocycles. The summed E-state index contributed by atoms with van der Waals surface area (Å²) in [6, 6.07) is 6.29. The van der Waals surface area contributed by atoms with E-state index in [1.165, 1.54) is 42.4 Å². The van der Waals surface area contributed by atoms with Crippen LogP contribution in [0.4, 0.5) is 0 Å². The number of hydrogen-bond acceptors (Lipinski definition) is 1. The first-order chi connectivity index (χ1) is 8.09. The fourth-order valence-corrected chi connectivity index (χ4v) is 3.30. The van der Waals surface area contributed by atoms with Crippen LogP contribution in [0.1, 0.15) is 55.4 Å². The minimum Gasteiger partial charge on any atom is -0.388 e. The molecule has 94 valence electrons. The molecule has 0 radical (unpaired) electrons. The van der Waals surface area contributed by atoms with Crippen LogP contribution in [0.15, 0.2) is 18.2 Å². The molecule has 3 unspecified atom stereocenters. The Morgan fingerprint density at radius 1 is 1.18 bits per heavy atom. The van der Waals surface area contributed by atoms with Crippen LogP contribution in [0.2, 0.25) is 0 Å². The van der Waals surface area contributed by atoms with Gasteiger partial charge in [0.1, 0.15) is 0 Å². The summed E-state index contributed by atoms with van der Waals surface area (Å²) in [6.45, 7) is 6.53. The van der Waals surface area contributed by atoms with Crippen molar-refractivity contribution in [2.75, 3.05) is 0 Å². The maximum atomic E-state index is 10.6. The summed E-state index contributed by atoms with van der Waals surface area (Å²) in [5.41, 5.74) is 3.64. The van der Waals surface area contributed by atoms with Crippen LogP contribution >= 0.6 is 0 Å². The summed E-state index contributed by atoms with van der Waals surface area (Å²) in [5, 5.41) is 10.6. The predicted molar refractivity (Wildman–Crippen MR) is 72.0 cm³/mol. The Bertz CT molecular complexity index is 363. The summed E-state index contributed by atoms with van der Waals surface area (Å²) in [6.07, 6.45) is 4.69. The highest BCUT2D eigenvalue weighted by Gasteiger charge is 2.27. The zero-order valence-electron chi connectivity index (χ0n) is 11.2. The highest BCUT2D eigenvalue weighted by atomic mass is 16.3. The van der Waals surface area contributed by atoms with E-state index in [1.54, 1.807) is 0 Å². The monoisotopic (exact) mass is 232 g/mol. The van der Waals surface area contributed by atoms with Gasteiger partial charge in [-0.25, -0.2) is 0 Å². The number of aliphatic hydroxyl groups is 1. The molecule has 1 saturated carbocycles. The van der Waals surface area contributed by atoms with Crippen LogP contribution in [-0.2, 0) is 0 Å². The quantitative estimate of drug-likeness (QED) is 0.811. The average molecular weight is 232 g/mol. The van der Waals surface area contributed by atoms with Gasteiger partial charge in [0.2, 0.25) is 0 Å². The van der Waals surface area contributed by atoms with Gasteiger partial charge >= 0.3 is 0 Å². The molecule has 1 aromatic carbocycles. The molecular formula is C16H24O. The van der Waals surface area contributed by atoms with E-state index in [-0.39, 0.29) is 6.10 Å². The third kappa shape index (κ3) is 2.71. The lowest BCUT2D eigenvalue weighted by molar-refractivity contribution is 0.0704. The number of benzene rings is 1. The van der Waals surface area contributed by atoms with Crippen molar-refractivity contribution in [1.29, 1.82) is 0 Å². The van der Waals surface area contributed by atoms with Gasteiger partial charge in [0.15, 0.2) is 0 Å². The molecule has 1 heteroatoms. The van der Waals surface area contributed by atoms with E-state index in [4.69, 9.17) is 0 Å². The molecule has 1 aromatic rings. The lowest BCUT2D eigenvalue weighted by Crippen LogP contribution is -2.21. The van der Waals surface area contributed by atoms with E-state index in [0.29, 0.717) is 5.92 Å². The van der Waals surface area contributed by atoms with Gasteiger partial charge in [-0.15, -0.1) is 0 Å². The Hall–Kier alpha value is -0.820. The first-order valence-corrected chi connectivity index (χ1v) is 6.83. The smallest absolute Gasteiger partial charge is 0.0823 e. The van der Waals surface area contributed by atoms with Gasteiger partial charge in [-0.1, -0.05) is 38.0 Å². The lowest BCUT2D eigenvalue weighted by Gasteiger charge is -2.32. The third-order valence-electron chi connectivity index (χ3n) is 4.26. The minimum absolute atomic E-state index is 0.265. The molecule has 1 aliphatic carbocycles. The molecule has 1 fully saturated rings. The molecular weight excluding hydrogens is 208 g/mol. The van der Waals surface area contributed by atoms with Crippen molar-refractivity contribution in [2.24, 2.45) is 11.8 Å². The average Bonchev–Trinajstić information content (AvgIpc) is 2.28. The summed E-state index contributed by atoms with van der Waals surface area (Å²) < 4.78 is 0. The largest absolute Gasteiger partial charge is 0.388 e. The molecule has 0 spiro atoms. The molecule has 0 bridgehead atoms. The molecule has 2 rings (SSSR count). The fraction of sp³-hybridized carbons (Fsp3) is 0.625. The molecule has 0 heterocycles. The maximum Gasteiger partial charge on any atom is 0.0823 e. The second kappa shape index (κ2) is 5.22. The highest BCUT2D eigenvalue weighted by Crippen LogP contribution is 2.38. The van der Waals surface area contributed by atoms with E-state index in [0.717, 1.165) is 5.92 Å². The predicted octanol–water partition coefficient (Wildman–Crippen LogP) is 4.16. The van der Waals surface area contributed by atoms with Crippen molar-refractivity contribution in [3.05, 3.63) is 34.9 Å². The van der Waals surface area contributed by atoms with Crippen molar-refractivity contribution in [1.82, 2.24) is 0 Å². The van der Waals surface area contributed by atoms with Crippen molar-refractivity contribution in [3.63, 3.8) is 0 Å². The summed E-state index contributed by atoms with van der Waals surface area (Å²) >= 11 is 0. The van der Waals surface area contributed by atoms with Crippen LogP contribution < -0.4 is 0 Å². The van der Waals surface area contributed by atoms with E-state index < -0.39 is 0 Å². The van der Waals surface area contributed by atoms with Gasteiger partial charge in [-0.05, 0) is 55.2 Å². The highest BCUT2D eigenvalue weighted by molar-refractivity contribution is 5.35. The first kappa shape index (κ1) is 12.6. The van der Waals surface area contributed by atoms with Gasteiger partial charge in [0.25, 0.3) is 0 Å². The zero-order valence-corrected chi connectivity index (χ0v) is 11.2. The summed E-state index contributed by atoms with van der Waals surface area (Å²) in [7, 11) is 0. The summed E-state index contributed by atoms with van der Waals surface area (Å²) in [4.78, 5) is 0. The second-order valence-corrected chi connectivity index (χ2v) is 5.78. The molecule has 0 amide bonds. The Kier molecular flexibility index (Phi) is 3.88. The Balaban J connectivity index is 2.21. The van der Waals surface area contributed by atoms with Gasteiger partial charge < -0.3 is 5.11 Å². The van der Waals surface area contributed by atoms with Gasteiger partial charge in [0, 0.05) is 0 Å². The van der Waals surface area contributed by atoms with Crippen molar-refractivity contribution >= 4 is 0 Å². The normalized spacial score (nSPS) is 26.8. The van der Waals surface area contributed by atoms with Gasteiger partial charge in [-0.3, -0.25) is 0 Å². The van der Waals surface area contributed by atoms with Crippen LogP contribution in [-0.4, -0.2) is 5.11 Å². The second-order valence-electron chi connectivity index (χ2n) is 5.78. The zero-order chi connectivity index (χ0) is 12.4. The maximum absolute atomic E-state index is 10.6. The molecule has 0 saturated heterocycles. The standard InChI is InChI=1S/C16H24O/c1-11-6-4-9-14(10-11)16(17)15-12(2)7-5-8-13(15)3/h5,7-8,11,14,16-17H,4,6,9-10H2,1-3H3. The lowest BCUT2D eigenvalue weighted by atomic mass is 9.76. The molecule has 3 atom stereocenters. The van der Waals surface area contributed by atoms with Crippen LogP contribution in [0, 0.1) is 25.7 Å². The molecule has 1 aliphatic rings. The van der Waals surface area contributed by atoms with Crippen LogP contribution in [0.5, 0.6) is 0 Å². The Morgan fingerprint density at radius 3 is 2.41 bits per heavy atom. The Morgan fingerprint density at radius 2 is 1.82 bits per heavy atom. The van der Waals surface area contributed by atoms with E-state index in [9.17, 15) is 5.11 Å². The molecule has 17 heavy (non-hydrogen) atoms. The number of aryl methyl sites for hydroxylation is 2.